The molecule has 1 fully saturated rings. The lowest BCUT2D eigenvalue weighted by Crippen LogP contribution is -2.49. The van der Waals surface area contributed by atoms with Gasteiger partial charge in [-0.1, -0.05) is 24.6 Å². The molecule has 2 heterocycles. The third-order valence-corrected chi connectivity index (χ3v) is 4.70. The van der Waals surface area contributed by atoms with Gasteiger partial charge in [-0.3, -0.25) is 9.69 Å². The lowest BCUT2D eigenvalue weighted by molar-refractivity contribution is 0.0633. The molecule has 0 aliphatic carbocycles. The maximum Gasteiger partial charge on any atom is 0.253 e. The van der Waals surface area contributed by atoms with E-state index in [2.05, 4.69) is 27.6 Å². The highest BCUT2D eigenvalue weighted by molar-refractivity contribution is 5.94. The van der Waals surface area contributed by atoms with E-state index < -0.39 is 0 Å². The number of aromatic nitrogens is 2. The van der Waals surface area contributed by atoms with Gasteiger partial charge in [-0.15, -0.1) is 0 Å². The number of amides is 1. The van der Waals surface area contributed by atoms with Crippen molar-refractivity contribution in [2.24, 2.45) is 0 Å². The van der Waals surface area contributed by atoms with E-state index in [1.54, 1.807) is 0 Å². The second-order valence-electron chi connectivity index (χ2n) is 6.39. The molecule has 2 aromatic rings. The maximum absolute atomic E-state index is 12.6. The molecule has 1 aliphatic rings. The quantitative estimate of drug-likeness (QED) is 0.846. The summed E-state index contributed by atoms with van der Waals surface area (Å²) >= 11 is 0. The average molecular weight is 326 g/mol. The Morgan fingerprint density at radius 3 is 2.67 bits per heavy atom. The second kappa shape index (κ2) is 7.62. The highest BCUT2D eigenvalue weighted by atomic mass is 16.2. The van der Waals surface area contributed by atoms with Crippen molar-refractivity contribution < 1.29 is 4.79 Å². The number of carbonyl (C=O) groups excluding carboxylic acids is 1. The standard InChI is InChI=1S/C19H26N4O/c1-3-18-20-7-8-22(18)12-9-21-10-13-23(14-11-21)19(24)17-6-4-5-16(2)15-17/h4-8,15H,3,9-14H2,1-2H3. The molecule has 5 nitrogen and oxygen atoms in total. The van der Waals surface area contributed by atoms with Crippen LogP contribution in [0.15, 0.2) is 36.7 Å². The van der Waals surface area contributed by atoms with Gasteiger partial charge in [0, 0.05) is 63.6 Å². The molecule has 0 radical (unpaired) electrons. The Labute approximate surface area is 143 Å². The van der Waals surface area contributed by atoms with E-state index in [9.17, 15) is 4.79 Å². The third kappa shape index (κ3) is 3.85. The smallest absolute Gasteiger partial charge is 0.253 e. The minimum absolute atomic E-state index is 0.154. The predicted octanol–water partition coefficient (Wildman–Crippen LogP) is 2.21. The van der Waals surface area contributed by atoms with Gasteiger partial charge < -0.3 is 9.47 Å². The van der Waals surface area contributed by atoms with Gasteiger partial charge in [-0.2, -0.15) is 0 Å². The van der Waals surface area contributed by atoms with E-state index in [4.69, 9.17) is 0 Å². The van der Waals surface area contributed by atoms with Crippen molar-refractivity contribution in [1.82, 2.24) is 19.4 Å². The summed E-state index contributed by atoms with van der Waals surface area (Å²) in [4.78, 5) is 21.3. The van der Waals surface area contributed by atoms with Crippen LogP contribution in [0.1, 0.15) is 28.7 Å². The molecule has 0 bridgehead atoms. The Kier molecular flexibility index (Phi) is 5.30. The van der Waals surface area contributed by atoms with E-state index in [1.807, 2.05) is 42.3 Å². The Hall–Kier alpha value is -2.14. The molecule has 24 heavy (non-hydrogen) atoms. The summed E-state index contributed by atoms with van der Waals surface area (Å²) in [6.45, 7) is 9.62. The molecular weight excluding hydrogens is 300 g/mol. The van der Waals surface area contributed by atoms with Crippen molar-refractivity contribution in [3.63, 3.8) is 0 Å². The van der Waals surface area contributed by atoms with Crippen LogP contribution < -0.4 is 0 Å². The van der Waals surface area contributed by atoms with E-state index >= 15 is 0 Å². The monoisotopic (exact) mass is 326 g/mol. The molecular formula is C19H26N4O. The van der Waals surface area contributed by atoms with Crippen LogP contribution in [0.25, 0.3) is 0 Å². The van der Waals surface area contributed by atoms with Crippen molar-refractivity contribution in [2.45, 2.75) is 26.8 Å². The Bertz CT molecular complexity index is 686. The topological polar surface area (TPSA) is 41.4 Å². The summed E-state index contributed by atoms with van der Waals surface area (Å²) in [5, 5.41) is 0. The number of rotatable bonds is 5. The van der Waals surface area contributed by atoms with Gasteiger partial charge in [0.25, 0.3) is 5.91 Å². The number of hydrogen-bond donors (Lipinski definition) is 0. The van der Waals surface area contributed by atoms with Gasteiger partial charge >= 0.3 is 0 Å². The highest BCUT2D eigenvalue weighted by Gasteiger charge is 2.22. The normalized spacial score (nSPS) is 15.7. The summed E-state index contributed by atoms with van der Waals surface area (Å²) in [6.07, 6.45) is 4.89. The van der Waals surface area contributed by atoms with Crippen molar-refractivity contribution >= 4 is 5.91 Å². The van der Waals surface area contributed by atoms with E-state index in [1.165, 1.54) is 0 Å². The SMILES string of the molecule is CCc1nccn1CCN1CCN(C(=O)c2cccc(C)c2)CC1. The fraction of sp³-hybridized carbons (Fsp3) is 0.474. The number of aryl methyl sites for hydroxylation is 2. The number of carbonyl (C=O) groups is 1. The third-order valence-electron chi connectivity index (χ3n) is 4.70. The first-order valence-electron chi connectivity index (χ1n) is 8.75. The molecule has 1 aliphatic heterocycles. The Morgan fingerprint density at radius 2 is 1.96 bits per heavy atom. The summed E-state index contributed by atoms with van der Waals surface area (Å²) < 4.78 is 2.23. The summed E-state index contributed by atoms with van der Waals surface area (Å²) in [5.74, 6) is 1.30. The first-order valence-corrected chi connectivity index (χ1v) is 8.75. The molecule has 1 saturated heterocycles. The number of imidazole rings is 1. The minimum atomic E-state index is 0.154. The van der Waals surface area contributed by atoms with Gasteiger partial charge in [0.05, 0.1) is 0 Å². The van der Waals surface area contributed by atoms with Crippen LogP contribution in [0.4, 0.5) is 0 Å². The largest absolute Gasteiger partial charge is 0.336 e. The zero-order valence-corrected chi connectivity index (χ0v) is 14.6. The van der Waals surface area contributed by atoms with E-state index in [0.717, 1.165) is 62.6 Å². The van der Waals surface area contributed by atoms with Crippen LogP contribution in [0, 0.1) is 6.92 Å². The first-order chi connectivity index (χ1) is 11.7. The van der Waals surface area contributed by atoms with Gasteiger partial charge in [0.2, 0.25) is 0 Å². The Balaban J connectivity index is 1.50. The summed E-state index contributed by atoms with van der Waals surface area (Å²) in [7, 11) is 0. The van der Waals surface area contributed by atoms with Crippen molar-refractivity contribution in [3.8, 4) is 0 Å². The second-order valence-corrected chi connectivity index (χ2v) is 6.39. The van der Waals surface area contributed by atoms with Crippen LogP contribution in [0.3, 0.4) is 0 Å². The molecule has 1 aromatic carbocycles. The fourth-order valence-electron chi connectivity index (χ4n) is 3.24. The molecule has 0 spiro atoms. The average Bonchev–Trinajstić information content (AvgIpc) is 3.07. The van der Waals surface area contributed by atoms with Gasteiger partial charge in [-0.25, -0.2) is 4.98 Å². The Morgan fingerprint density at radius 1 is 1.17 bits per heavy atom. The molecule has 1 aromatic heterocycles. The molecule has 0 saturated carbocycles. The summed E-state index contributed by atoms with van der Waals surface area (Å²) in [5.41, 5.74) is 1.93. The van der Waals surface area contributed by atoms with Crippen molar-refractivity contribution in [1.29, 1.82) is 0 Å². The molecule has 0 N–H and O–H groups in total. The lowest BCUT2D eigenvalue weighted by Gasteiger charge is -2.35. The molecule has 1 amide bonds. The number of piperazine rings is 1. The zero-order valence-electron chi connectivity index (χ0n) is 14.6. The summed E-state index contributed by atoms with van der Waals surface area (Å²) in [6, 6.07) is 7.86. The predicted molar refractivity (Wildman–Crippen MR) is 95.1 cm³/mol. The van der Waals surface area contributed by atoms with Crippen LogP contribution in [-0.2, 0) is 13.0 Å². The number of nitrogens with zero attached hydrogens (tertiary/aromatic N) is 4. The van der Waals surface area contributed by atoms with Gasteiger partial charge in [-0.05, 0) is 19.1 Å². The minimum Gasteiger partial charge on any atom is -0.336 e. The van der Waals surface area contributed by atoms with Gasteiger partial charge in [0.1, 0.15) is 5.82 Å². The molecule has 128 valence electrons. The molecule has 5 heteroatoms. The molecule has 0 unspecified atom stereocenters. The van der Waals surface area contributed by atoms with Crippen LogP contribution >= 0.6 is 0 Å². The molecule has 3 rings (SSSR count). The van der Waals surface area contributed by atoms with Crippen molar-refractivity contribution in [2.75, 3.05) is 32.7 Å². The number of benzene rings is 1. The van der Waals surface area contributed by atoms with E-state index in [-0.39, 0.29) is 5.91 Å². The fourth-order valence-corrected chi connectivity index (χ4v) is 3.24. The van der Waals surface area contributed by atoms with Crippen LogP contribution in [0.5, 0.6) is 0 Å². The first kappa shape index (κ1) is 16.7. The van der Waals surface area contributed by atoms with Crippen molar-refractivity contribution in [3.05, 3.63) is 53.6 Å². The van der Waals surface area contributed by atoms with E-state index in [0.29, 0.717) is 0 Å². The number of hydrogen-bond acceptors (Lipinski definition) is 3. The van der Waals surface area contributed by atoms with Gasteiger partial charge in [0.15, 0.2) is 0 Å². The van der Waals surface area contributed by atoms with Crippen LogP contribution in [-0.4, -0.2) is 58.0 Å². The maximum atomic E-state index is 12.6. The lowest BCUT2D eigenvalue weighted by atomic mass is 10.1. The highest BCUT2D eigenvalue weighted by Crippen LogP contribution is 2.11. The molecule has 0 atom stereocenters. The van der Waals surface area contributed by atoms with Crippen LogP contribution in [0.2, 0.25) is 0 Å². The zero-order chi connectivity index (χ0) is 16.9.